The molecule has 25 nitrogen and oxygen atoms in total. The molecule has 16 rings (SSSR count). The van der Waals surface area contributed by atoms with E-state index in [0.717, 1.165) is 206 Å². The van der Waals surface area contributed by atoms with Gasteiger partial charge in [-0.15, -0.1) is 25.2 Å². The van der Waals surface area contributed by atoms with Crippen LogP contribution in [0.4, 0.5) is 0 Å². The first-order valence-corrected chi connectivity index (χ1v) is 50.0. The fourth-order valence-corrected chi connectivity index (χ4v) is 16.9. The molecule has 0 saturated carbocycles. The predicted molar refractivity (Wildman–Crippen MR) is 562 cm³/mol. The molecule has 138 heavy (non-hydrogen) atoms. The Hall–Kier alpha value is -9.48. The number of aromatic nitrogens is 18. The number of aliphatic hydroxyl groups is 3. The van der Waals surface area contributed by atoms with Crippen LogP contribution in [0.15, 0.2) is 250 Å². The van der Waals surface area contributed by atoms with Crippen LogP contribution >= 0.6 is 110 Å². The Kier molecular flexibility index (Phi) is 49.4. The first kappa shape index (κ1) is 114. The molecule has 0 saturated heterocycles. The fraction of sp³-hybridized carbons (Fsp3) is 0.284. The van der Waals surface area contributed by atoms with E-state index in [1.165, 1.54) is 12.0 Å². The fourth-order valence-electron chi connectivity index (χ4n) is 14.7. The van der Waals surface area contributed by atoms with Crippen molar-refractivity contribution in [1.82, 2.24) is 89.4 Å². The SMILES string of the molecule is BrCc1ccc(Br)cc1.CCCCc1nc(C=O)c(Cl)[nH]1.CCCCc1nc(CO)c(C)[nH]1.CCCCc1nc(Cl)c(C=O)n1Cc1ccc(Br)cc1.CCCCc1nc(Cl)c(CO)n1Cc1ccc(-c2ccccc2-c2nn[nH]n2)cc1.CCCCc1nc(Cl)c(CO)n1Cc1ccc(Br)cc1.OB(O)c1ccccc1-c1nnn(C(c2ccccc2)(c2ccccc2)c2ccccc2)n1.[B].[H-].[Na+]. The number of carbonyl (C=O) groups excluding carboxylic acids is 2. The van der Waals surface area contributed by atoms with Gasteiger partial charge in [0.1, 0.15) is 45.7 Å². The first-order chi connectivity index (χ1) is 66.1. The number of rotatable bonds is 35. The number of nitrogens with one attached hydrogen (secondary N) is 3. The van der Waals surface area contributed by atoms with Crippen molar-refractivity contribution in [3.63, 3.8) is 0 Å². The standard InChI is InChI=1S/C26H21BN4O2.C22H23ClN6O.C15H18BrClN2O.C15H16BrClN2O.C9H16N2O.C8H11ClN2O.C7H6Br2.B.Na.H/c32-27(33)24-19-11-10-18-23(24)25-28-30-31(29-25)26(20-12-4-1-5-13-20,21-14-6-2-7-15-21)22-16-8-3-9-17-22;1-2-3-8-20-24-21(23)19(14-30)29(20)13-15-9-11-16(12-10-15)17-6-4-5-7-18(17)22-25-27-28-26-22;2*1-2-3-4-14-18-15(17)13(10-20)19(14)9-11-5-7-12(16)8-6-11;1-3-4-5-9-10-7(2)8(6-12)11-9;1-2-3-4-7-10-6(5-12)8(9)11-7;8-5-6-1-3-7(9)4-2-6;;;/h1-19,32-33H;4-7,9-12,30H,2-3,8,13-14H2,1H3,(H,25,26,27,28);5-8,20H,2-4,9-10H2,1H3;5-8,10H,2-4,9H2,1H3;12H,3-6H2,1-2H3,(H,10,11);5H,2-4H2,1H3,(H,10,11);1-4H,5H2;;;/q;;;;;;;;+1;-1. The van der Waals surface area contributed by atoms with Gasteiger partial charge in [0.25, 0.3) is 0 Å². The summed E-state index contributed by atoms with van der Waals surface area (Å²) in [6.07, 6.45) is 16.7. The number of aliphatic hydroxyl groups excluding tert-OH is 3. The Morgan fingerprint density at radius 1 is 0.449 bits per heavy atom. The molecule has 9 aromatic carbocycles. The summed E-state index contributed by atoms with van der Waals surface area (Å²) in [5.74, 6) is 5.41. The first-order valence-electron chi connectivity index (χ1n) is 45.0. The molecule has 7 heterocycles. The topological polar surface area (TPSA) is 344 Å². The maximum Gasteiger partial charge on any atom is 1.00 e. The second-order valence-corrected chi connectivity index (χ2v) is 36.3. The number of aldehydes is 2. The molecule has 0 amide bonds. The van der Waals surface area contributed by atoms with Crippen LogP contribution < -0.4 is 35.0 Å². The molecule has 0 fully saturated rings. The van der Waals surface area contributed by atoms with Gasteiger partial charge in [-0.2, -0.15) is 5.21 Å². The zero-order chi connectivity index (χ0) is 97.3. The van der Waals surface area contributed by atoms with Crippen LogP contribution in [0.2, 0.25) is 20.6 Å². The third-order valence-corrected chi connectivity index (χ3v) is 25.4. The molecule has 0 spiro atoms. The minimum atomic E-state index is -1.64. The molecule has 715 valence electrons. The van der Waals surface area contributed by atoms with Gasteiger partial charge >= 0.3 is 36.7 Å². The minimum absolute atomic E-state index is 0. The number of halogens is 8. The maximum atomic E-state index is 11.2. The number of H-pyrrole nitrogens is 3. The van der Waals surface area contributed by atoms with Crippen LogP contribution in [0.1, 0.15) is 212 Å². The largest absolute Gasteiger partial charge is 1.00 e. The molecule has 0 aliphatic heterocycles. The molecule has 36 heteroatoms. The number of aryl methyl sites for hydroxylation is 6. The Balaban J connectivity index is 0.000000229. The number of hydrogen-bond donors (Lipinski definition) is 8. The Morgan fingerprint density at radius 2 is 0.855 bits per heavy atom. The molecule has 0 aliphatic rings. The average molecular weight is 2210 g/mol. The normalized spacial score (nSPS) is 10.7. The second-order valence-electron chi connectivity index (χ2n) is 31.5. The van der Waals surface area contributed by atoms with Gasteiger partial charge in [-0.05, 0) is 141 Å². The third kappa shape index (κ3) is 32.3. The van der Waals surface area contributed by atoms with Crippen molar-refractivity contribution >= 4 is 144 Å². The van der Waals surface area contributed by atoms with E-state index < -0.39 is 12.7 Å². The van der Waals surface area contributed by atoms with Gasteiger partial charge in [0, 0.05) is 95.7 Å². The van der Waals surface area contributed by atoms with Gasteiger partial charge in [0.2, 0.25) is 11.6 Å². The quantitative estimate of drug-likeness (QED) is 0.00791. The zero-order valence-corrected chi connectivity index (χ0v) is 89.5. The summed E-state index contributed by atoms with van der Waals surface area (Å²) in [4.78, 5) is 50.6. The van der Waals surface area contributed by atoms with E-state index in [1.54, 1.807) is 29.1 Å². The molecular formula is C102H112B2Br4Cl4N18NaO7. The van der Waals surface area contributed by atoms with E-state index >= 15 is 0 Å². The van der Waals surface area contributed by atoms with Crippen LogP contribution in [0, 0.1) is 6.92 Å². The molecule has 0 atom stereocenters. The monoisotopic (exact) mass is 2200 g/mol. The van der Waals surface area contributed by atoms with E-state index in [4.69, 9.17) is 56.6 Å². The molecular weight excluding hydrogens is 2100 g/mol. The van der Waals surface area contributed by atoms with Crippen LogP contribution in [0.25, 0.3) is 33.9 Å². The van der Waals surface area contributed by atoms with Crippen LogP contribution in [0.5, 0.6) is 0 Å². The molecule has 16 aromatic rings. The Bertz CT molecular complexity index is 6200. The number of aromatic amines is 3. The van der Waals surface area contributed by atoms with Crippen molar-refractivity contribution in [3.05, 3.63) is 373 Å². The van der Waals surface area contributed by atoms with E-state index in [2.05, 4.69) is 249 Å². The molecule has 0 unspecified atom stereocenters. The van der Waals surface area contributed by atoms with Crippen molar-refractivity contribution in [2.45, 2.75) is 188 Å². The average Bonchev–Trinajstić information content (AvgIpc) is 1.70. The summed E-state index contributed by atoms with van der Waals surface area (Å²) >= 11 is 37.7. The smallest absolute Gasteiger partial charge is 1.00 e. The number of nitrogens with zero attached hydrogens (tertiary/aromatic N) is 15. The van der Waals surface area contributed by atoms with Crippen LogP contribution in [-0.4, -0.2) is 143 Å². The second kappa shape index (κ2) is 60.0. The molecule has 0 aliphatic carbocycles. The summed E-state index contributed by atoms with van der Waals surface area (Å²) in [5, 5.41) is 78.2. The molecule has 3 radical (unpaired) electrons. The number of imidazole rings is 5. The van der Waals surface area contributed by atoms with Gasteiger partial charge in [0.05, 0.1) is 36.9 Å². The minimum Gasteiger partial charge on any atom is -1.00 e. The van der Waals surface area contributed by atoms with Crippen molar-refractivity contribution in [2.75, 3.05) is 0 Å². The molecule has 7 aromatic heterocycles. The number of unbranched alkanes of at least 4 members (excludes halogenated alkanes) is 5. The number of tetrazole rings is 2. The van der Waals surface area contributed by atoms with E-state index in [-0.39, 0.29) is 59.2 Å². The van der Waals surface area contributed by atoms with Gasteiger partial charge in [-0.3, -0.25) is 9.59 Å². The van der Waals surface area contributed by atoms with E-state index in [0.29, 0.717) is 92.0 Å². The summed E-state index contributed by atoms with van der Waals surface area (Å²) in [6.45, 7) is 14.3. The van der Waals surface area contributed by atoms with Crippen molar-refractivity contribution in [2.24, 2.45) is 0 Å². The van der Waals surface area contributed by atoms with Crippen LogP contribution in [-0.2, 0) is 82.4 Å². The van der Waals surface area contributed by atoms with Crippen molar-refractivity contribution in [1.29, 1.82) is 0 Å². The van der Waals surface area contributed by atoms with Gasteiger partial charge in [-0.1, -0.05) is 377 Å². The van der Waals surface area contributed by atoms with Gasteiger partial charge in [-0.25, -0.2) is 24.9 Å². The summed E-state index contributed by atoms with van der Waals surface area (Å²) < 4.78 is 9.19. The summed E-state index contributed by atoms with van der Waals surface area (Å²) in [7, 11) is -1.64. The Labute approximate surface area is 885 Å². The maximum absolute atomic E-state index is 11.2. The summed E-state index contributed by atoms with van der Waals surface area (Å²) in [6, 6.07) is 77.8. The third-order valence-electron chi connectivity index (χ3n) is 21.9. The van der Waals surface area contributed by atoms with Gasteiger partial charge in [0.15, 0.2) is 33.6 Å². The van der Waals surface area contributed by atoms with E-state index in [9.17, 15) is 29.9 Å². The van der Waals surface area contributed by atoms with Crippen molar-refractivity contribution in [3.8, 4) is 33.9 Å². The number of hydrogen-bond acceptors (Lipinski definition) is 18. The number of benzene rings is 9. The van der Waals surface area contributed by atoms with Crippen molar-refractivity contribution < 1.29 is 65.9 Å². The number of alkyl halides is 1. The summed E-state index contributed by atoms with van der Waals surface area (Å²) in [5.41, 5.74) is 14.5. The van der Waals surface area contributed by atoms with Gasteiger partial charge < -0.3 is 50.5 Å². The molecule has 0 bridgehead atoms. The number of carbonyl (C=O) groups is 2. The predicted octanol–water partition coefficient (Wildman–Crippen LogP) is 19.7. The molecule has 8 N–H and O–H groups in total. The van der Waals surface area contributed by atoms with E-state index in [1.807, 2.05) is 148 Å². The Morgan fingerprint density at radius 3 is 1.26 bits per heavy atom. The zero-order valence-electron chi connectivity index (χ0n) is 79.2. The van der Waals surface area contributed by atoms with Crippen LogP contribution in [0.3, 0.4) is 0 Å².